The van der Waals surface area contributed by atoms with Crippen LogP contribution in [0.5, 0.6) is 0 Å². The van der Waals surface area contributed by atoms with Gasteiger partial charge in [-0.05, 0) is 169 Å². The number of esters is 2. The van der Waals surface area contributed by atoms with Crippen molar-refractivity contribution in [3.8, 4) is 61.3 Å². The highest BCUT2D eigenvalue weighted by Gasteiger charge is 2.33. The molecule has 14 aromatic rings. The molecule has 0 fully saturated rings. The first-order valence-corrected chi connectivity index (χ1v) is 55.2. The number of carbonyl (C=O) groups excluding carboxylic acids is 2. The van der Waals surface area contributed by atoms with Crippen molar-refractivity contribution in [2.75, 3.05) is 13.2 Å². The summed E-state index contributed by atoms with van der Waals surface area (Å²) in [6.45, 7) is 34.3. The number of benzene rings is 2. The van der Waals surface area contributed by atoms with Gasteiger partial charge in [-0.25, -0.2) is 18.4 Å². The van der Waals surface area contributed by atoms with Crippen molar-refractivity contribution >= 4 is 208 Å². The minimum Gasteiger partial charge on any atom is -0.461 e. The number of hydrogen-bond acceptors (Lipinski definition) is 16. The average Bonchev–Trinajstić information content (AvgIpc) is 1.56. The summed E-state index contributed by atoms with van der Waals surface area (Å²) in [7, 11) is 0. The second kappa shape index (κ2) is 44.1. The number of hydrogen-bond donors (Lipinski definition) is 0. The smallest absolute Gasteiger partial charge is 0.351 e. The number of ether oxygens (including phenoxy) is 2. The predicted molar refractivity (Wildman–Crippen MR) is 539 cm³/mol. The first-order chi connectivity index (χ1) is 58.3. The van der Waals surface area contributed by atoms with E-state index in [0.717, 1.165) is 109 Å². The lowest BCUT2D eigenvalue weighted by atomic mass is 9.95. The van der Waals surface area contributed by atoms with E-state index in [1.54, 1.807) is 22.7 Å². The quantitative estimate of drug-likeness (QED) is 0.0282. The predicted octanol–water partition coefficient (Wildman–Crippen LogP) is 38.5. The maximum Gasteiger partial charge on any atom is 0.351 e. The number of aryl methyl sites for hydroxylation is 4. The molecule has 18 heteroatoms. The first-order valence-electron chi connectivity index (χ1n) is 45.4. The van der Waals surface area contributed by atoms with Crippen LogP contribution in [0, 0.1) is 68.9 Å². The Balaban J connectivity index is 0.000000207. The summed E-state index contributed by atoms with van der Waals surface area (Å²) in [5, 5.41) is 6.40. The maximum absolute atomic E-state index is 16.3. The summed E-state index contributed by atoms with van der Waals surface area (Å²) in [6.07, 6.45) is 35.5. The Hall–Kier alpha value is -4.80. The first kappa shape index (κ1) is 92.9. The highest BCUT2D eigenvalue weighted by Crippen LogP contribution is 2.59. The Morgan fingerprint density at radius 2 is 0.625 bits per heavy atom. The van der Waals surface area contributed by atoms with E-state index in [1.165, 1.54) is 256 Å². The van der Waals surface area contributed by atoms with E-state index in [-0.39, 0.29) is 9.75 Å². The molecule has 0 saturated heterocycles. The molecule has 0 amide bonds. The fraction of sp³-hybridized carbons (Fsp3) is 0.510. The van der Waals surface area contributed by atoms with Crippen molar-refractivity contribution in [2.45, 2.75) is 296 Å². The summed E-state index contributed by atoms with van der Waals surface area (Å²) in [5.41, 5.74) is 5.35. The van der Waals surface area contributed by atoms with E-state index >= 15 is 8.78 Å². The van der Waals surface area contributed by atoms with E-state index in [4.69, 9.17) is 9.47 Å². The number of fused-ring (bicyclic) bond motifs is 6. The topological polar surface area (TPSA) is 52.6 Å². The van der Waals surface area contributed by atoms with Crippen LogP contribution in [-0.4, -0.2) is 25.2 Å². The molecule has 0 radical (unpaired) electrons. The van der Waals surface area contributed by atoms with Crippen LogP contribution >= 0.6 is 136 Å². The lowest BCUT2D eigenvalue weighted by molar-refractivity contribution is 0.0428. The monoisotopic (exact) mass is 1840 g/mol. The molecule has 0 spiro atoms. The van der Waals surface area contributed by atoms with Gasteiger partial charge in [-0.1, -0.05) is 230 Å². The van der Waals surface area contributed by atoms with E-state index in [9.17, 15) is 9.59 Å². The minimum atomic E-state index is -0.531. The van der Waals surface area contributed by atoms with Crippen LogP contribution < -0.4 is 0 Å². The third-order valence-electron chi connectivity index (χ3n) is 24.8. The fourth-order valence-corrected chi connectivity index (χ4v) is 32.4. The Kier molecular flexibility index (Phi) is 34.1. The van der Waals surface area contributed by atoms with E-state index in [2.05, 4.69) is 163 Å². The molecular weight excluding hydrogens is 1710 g/mol. The minimum absolute atomic E-state index is 0.104. The highest BCUT2D eigenvalue weighted by molar-refractivity contribution is 7.33. The molecule has 14 rings (SSSR count). The molecule has 0 N–H and O–H groups in total. The standard InChI is InChI=1S/2C51H63FO2S6/c1-9-15-18-32(12-4)26-35-21-23-39(57-35)43-37-25-30(7)55-46(37)44(40-24-22-36(58-40)27-33(13-5)19-16-10-2)38-28-41(59-47(38)43)48-49-42(31(8)56-48)45(52)50(60-49)51(53)54-29-34(14-6)20-17-11-3;1-8-13-16-17-18-19-26-54-51(53)50-45(52)42-32(7)56-48(49(42)60-50)41-30-38-44(40-25-23-36(58-40)29-34(12-5)21-15-10-3)46-37(27-31(6)55-46)43(47(38)59-41)39-24-22-35(57-39)28-33(11-4)20-14-9-2/h21-25,28,32-34H,9-20,26-27,29H2,1-8H3;22-25,27,30,33-34H,8-21,26,28-29H2,1-7H3. The molecule has 5 unspecified atom stereocenters. The number of rotatable bonds is 45. The zero-order valence-electron chi connectivity index (χ0n) is 73.7. The van der Waals surface area contributed by atoms with Gasteiger partial charge in [-0.3, -0.25) is 0 Å². The molecule has 120 heavy (non-hydrogen) atoms. The SMILES string of the molecule is CCCCC(CC)COC(=O)c1sc2c(-c3cc4c(-c5ccc(CC(CC)CCCC)s5)c5sc(C)cc5c(-c5ccc(CC(CC)CCCC)s5)c4s3)sc(C)c2c1F.CCCCCCCCOC(=O)c1sc2c(-c3cc4c(-c5ccc(CC(CC)CCCC)s5)c5sc(C)cc5c(-c5ccc(CC(CC)CCCC)s5)c4s3)sc(C)c2c1F. The van der Waals surface area contributed by atoms with E-state index < -0.39 is 23.6 Å². The van der Waals surface area contributed by atoms with Gasteiger partial charge >= 0.3 is 11.9 Å². The largest absolute Gasteiger partial charge is 0.461 e. The summed E-state index contributed by atoms with van der Waals surface area (Å²) in [4.78, 5) is 47.1. The molecule has 0 saturated carbocycles. The van der Waals surface area contributed by atoms with Crippen molar-refractivity contribution in [1.82, 2.24) is 0 Å². The fourth-order valence-electron chi connectivity index (χ4n) is 17.5. The Morgan fingerprint density at radius 1 is 0.317 bits per heavy atom. The molecule has 4 nitrogen and oxygen atoms in total. The maximum atomic E-state index is 16.3. The Labute approximate surface area is 762 Å². The van der Waals surface area contributed by atoms with Crippen LogP contribution in [0.2, 0.25) is 0 Å². The summed E-state index contributed by atoms with van der Waals surface area (Å²) in [5.74, 6) is 1.25. The van der Waals surface area contributed by atoms with Crippen molar-refractivity contribution < 1.29 is 27.8 Å². The van der Waals surface area contributed by atoms with Crippen LogP contribution in [0.1, 0.15) is 301 Å². The normalized spacial score (nSPS) is 13.3. The Bertz CT molecular complexity index is 5490. The second-order valence-electron chi connectivity index (χ2n) is 33.7. The third kappa shape index (κ3) is 21.2. The van der Waals surface area contributed by atoms with Gasteiger partial charge in [0.15, 0.2) is 11.6 Å². The van der Waals surface area contributed by atoms with E-state index in [1.807, 2.05) is 105 Å². The number of unbranched alkanes of at least 4 members (excludes halogenated alkanes) is 10. The van der Waals surface area contributed by atoms with Crippen molar-refractivity contribution in [3.63, 3.8) is 0 Å². The molecule has 5 atom stereocenters. The van der Waals surface area contributed by atoms with Gasteiger partial charge in [0.1, 0.15) is 9.75 Å². The van der Waals surface area contributed by atoms with Crippen molar-refractivity contribution in [3.05, 3.63) is 133 Å². The molecule has 0 aliphatic rings. The van der Waals surface area contributed by atoms with Gasteiger partial charge in [0.05, 0.1) is 32.4 Å². The summed E-state index contributed by atoms with van der Waals surface area (Å²) >= 11 is 21.3. The van der Waals surface area contributed by atoms with Crippen LogP contribution in [0.4, 0.5) is 8.78 Å². The van der Waals surface area contributed by atoms with Crippen LogP contribution in [0.15, 0.2) is 72.8 Å². The van der Waals surface area contributed by atoms with Crippen LogP contribution in [0.3, 0.4) is 0 Å². The zero-order chi connectivity index (χ0) is 84.8. The van der Waals surface area contributed by atoms with Crippen LogP contribution in [-0.2, 0) is 35.2 Å². The second-order valence-corrected chi connectivity index (χ2v) is 47.5. The molecule has 12 aromatic heterocycles. The van der Waals surface area contributed by atoms with Gasteiger partial charge in [-0.2, -0.15) is 0 Å². The van der Waals surface area contributed by atoms with Crippen molar-refractivity contribution in [1.29, 1.82) is 0 Å². The lowest BCUT2D eigenvalue weighted by Crippen LogP contribution is -2.14. The van der Waals surface area contributed by atoms with Crippen molar-refractivity contribution in [2.24, 2.45) is 29.6 Å². The van der Waals surface area contributed by atoms with Gasteiger partial charge < -0.3 is 9.47 Å². The number of halogens is 2. The molecular formula is C102H126F2O4S12. The number of thiophene rings is 12. The molecule has 0 bridgehead atoms. The summed E-state index contributed by atoms with van der Waals surface area (Å²) < 4.78 is 51.1. The van der Waals surface area contributed by atoms with Gasteiger partial charge in [0.25, 0.3) is 0 Å². The van der Waals surface area contributed by atoms with Crippen LogP contribution in [0.25, 0.3) is 122 Å². The molecule has 2 aromatic carbocycles. The third-order valence-corrected chi connectivity index (χ3v) is 38.9. The zero-order valence-corrected chi connectivity index (χ0v) is 83.5. The average molecular weight is 1840 g/mol. The number of carbonyl (C=O) groups is 2. The Morgan fingerprint density at radius 3 is 0.967 bits per heavy atom. The molecule has 12 heterocycles. The van der Waals surface area contributed by atoms with E-state index in [0.29, 0.717) is 53.6 Å². The van der Waals surface area contributed by atoms with Gasteiger partial charge in [-0.15, -0.1) is 136 Å². The molecule has 0 aliphatic heterocycles. The van der Waals surface area contributed by atoms with Gasteiger partial charge in [0.2, 0.25) is 0 Å². The highest BCUT2D eigenvalue weighted by atomic mass is 32.1. The summed E-state index contributed by atoms with van der Waals surface area (Å²) in [6, 6.07) is 28.7. The molecule has 0 aliphatic carbocycles. The lowest BCUT2D eigenvalue weighted by Gasteiger charge is -2.14. The molecule has 644 valence electrons. The van der Waals surface area contributed by atoms with Gasteiger partial charge in [0, 0.05) is 142 Å².